The van der Waals surface area contributed by atoms with Crippen molar-refractivity contribution in [1.82, 2.24) is 10.6 Å². The van der Waals surface area contributed by atoms with Crippen molar-refractivity contribution in [3.05, 3.63) is 65.2 Å². The Kier molecular flexibility index (Phi) is 7.47. The summed E-state index contributed by atoms with van der Waals surface area (Å²) < 4.78 is 5.15. The van der Waals surface area contributed by atoms with Gasteiger partial charge in [-0.1, -0.05) is 63.2 Å². The lowest BCUT2D eigenvalue weighted by atomic mass is 9.85. The van der Waals surface area contributed by atoms with E-state index in [9.17, 15) is 14.7 Å². The van der Waals surface area contributed by atoms with Crippen molar-refractivity contribution in [1.29, 1.82) is 0 Å². The molecule has 0 radical (unpaired) electrons. The summed E-state index contributed by atoms with van der Waals surface area (Å²) in [6.07, 6.45) is -1.44. The third-order valence-electron chi connectivity index (χ3n) is 4.38. The zero-order valence-corrected chi connectivity index (χ0v) is 16.9. The highest BCUT2D eigenvalue weighted by Gasteiger charge is 2.20. The van der Waals surface area contributed by atoms with E-state index >= 15 is 0 Å². The number of ether oxygens (including phenoxy) is 1. The quantitative estimate of drug-likeness (QED) is 0.565. The van der Waals surface area contributed by atoms with Crippen molar-refractivity contribution >= 4 is 12.2 Å². The normalized spacial score (nSPS) is 12.1. The van der Waals surface area contributed by atoms with Crippen LogP contribution in [0.3, 0.4) is 0 Å². The molecule has 0 fully saturated rings. The van der Waals surface area contributed by atoms with Crippen LogP contribution in [-0.4, -0.2) is 35.0 Å². The van der Waals surface area contributed by atoms with Gasteiger partial charge in [0, 0.05) is 6.54 Å². The number of carboxylic acid groups (broad SMARTS) is 1. The average Bonchev–Trinajstić information content (AvgIpc) is 2.65. The summed E-state index contributed by atoms with van der Waals surface area (Å²) in [6.45, 7) is 6.18. The second-order valence-corrected chi connectivity index (χ2v) is 7.89. The molecule has 2 aromatic rings. The number of hydrogen-bond donors (Lipinski definition) is 4. The van der Waals surface area contributed by atoms with Gasteiger partial charge in [0.15, 0.2) is 0 Å². The molecule has 0 aromatic heterocycles. The van der Waals surface area contributed by atoms with Crippen LogP contribution in [0, 0.1) is 0 Å². The van der Waals surface area contributed by atoms with Crippen molar-refractivity contribution in [3.63, 3.8) is 0 Å². The number of phenols is 1. The zero-order chi connectivity index (χ0) is 21.4. The van der Waals surface area contributed by atoms with Gasteiger partial charge in [0.25, 0.3) is 0 Å². The summed E-state index contributed by atoms with van der Waals surface area (Å²) >= 11 is 0. The van der Waals surface area contributed by atoms with Crippen LogP contribution in [0.1, 0.15) is 37.5 Å². The summed E-state index contributed by atoms with van der Waals surface area (Å²) in [7, 11) is 0. The summed E-state index contributed by atoms with van der Waals surface area (Å²) in [5, 5.41) is 24.2. The summed E-state index contributed by atoms with van der Waals surface area (Å²) in [6, 6.07) is 13.9. The summed E-state index contributed by atoms with van der Waals surface area (Å²) in [4.78, 5) is 23.1. The van der Waals surface area contributed by atoms with Crippen LogP contribution in [0.25, 0.3) is 0 Å². The molecule has 2 rings (SSSR count). The van der Waals surface area contributed by atoms with E-state index in [1.54, 1.807) is 12.1 Å². The molecule has 0 aliphatic heterocycles. The first-order chi connectivity index (χ1) is 13.6. The first kappa shape index (κ1) is 22.1. The molecule has 0 bridgehead atoms. The molecule has 0 saturated carbocycles. The van der Waals surface area contributed by atoms with Crippen molar-refractivity contribution in [2.45, 2.75) is 45.3 Å². The van der Waals surface area contributed by atoms with Crippen LogP contribution in [0.2, 0.25) is 0 Å². The molecule has 0 heterocycles. The molecular formula is C22H28N2O5. The maximum Gasteiger partial charge on any atom is 0.407 e. The fourth-order valence-electron chi connectivity index (χ4n) is 2.92. The number of amides is 2. The Balaban J connectivity index is 1.97. The van der Waals surface area contributed by atoms with Crippen molar-refractivity contribution in [3.8, 4) is 5.75 Å². The van der Waals surface area contributed by atoms with Gasteiger partial charge in [0.2, 0.25) is 0 Å². The maximum absolute atomic E-state index is 11.9. The van der Waals surface area contributed by atoms with Crippen LogP contribution in [0.5, 0.6) is 5.75 Å². The minimum absolute atomic E-state index is 0.0751. The molecule has 2 amide bonds. The Morgan fingerprint density at radius 2 is 1.76 bits per heavy atom. The monoisotopic (exact) mass is 400 g/mol. The molecule has 0 spiro atoms. The lowest BCUT2D eigenvalue weighted by Crippen LogP contribution is -2.44. The Morgan fingerprint density at radius 3 is 2.38 bits per heavy atom. The molecule has 0 aliphatic carbocycles. The number of carbonyl (C=O) groups excluding carboxylic acids is 1. The Hall–Kier alpha value is -3.22. The fourth-order valence-corrected chi connectivity index (χ4v) is 2.92. The molecule has 2 aromatic carbocycles. The number of aromatic hydroxyl groups is 1. The molecular weight excluding hydrogens is 372 g/mol. The second-order valence-electron chi connectivity index (χ2n) is 7.89. The van der Waals surface area contributed by atoms with Crippen LogP contribution < -0.4 is 10.6 Å². The molecule has 7 nitrogen and oxygen atoms in total. The largest absolute Gasteiger partial charge is 0.508 e. The van der Waals surface area contributed by atoms with E-state index in [1.807, 2.05) is 57.2 Å². The zero-order valence-electron chi connectivity index (χ0n) is 16.9. The van der Waals surface area contributed by atoms with E-state index in [1.165, 1.54) is 0 Å². The first-order valence-electron chi connectivity index (χ1n) is 9.41. The molecule has 1 unspecified atom stereocenters. The summed E-state index contributed by atoms with van der Waals surface area (Å²) in [5.74, 6) is 0.201. The third kappa shape index (κ3) is 7.37. The lowest BCUT2D eigenvalue weighted by Gasteiger charge is -2.23. The van der Waals surface area contributed by atoms with Crippen molar-refractivity contribution in [2.75, 3.05) is 6.54 Å². The fraction of sp³-hybridized carbons (Fsp3) is 0.364. The van der Waals surface area contributed by atoms with Gasteiger partial charge in [0.1, 0.15) is 12.4 Å². The molecule has 0 saturated heterocycles. The van der Waals surface area contributed by atoms with E-state index in [0.717, 1.165) is 16.7 Å². The maximum atomic E-state index is 11.9. The van der Waals surface area contributed by atoms with E-state index in [0.29, 0.717) is 6.42 Å². The number of benzene rings is 2. The van der Waals surface area contributed by atoms with Gasteiger partial charge in [-0.25, -0.2) is 9.59 Å². The molecule has 0 aliphatic rings. The third-order valence-corrected chi connectivity index (χ3v) is 4.38. The van der Waals surface area contributed by atoms with Gasteiger partial charge in [-0.05, 0) is 34.6 Å². The molecule has 29 heavy (non-hydrogen) atoms. The SMILES string of the molecule is CC(C)(C)c1cc(CC(CNC(=O)OCc2ccccc2)NC(=O)O)ccc1O. The second kappa shape index (κ2) is 9.82. The van der Waals surface area contributed by atoms with Crippen molar-refractivity contribution < 1.29 is 24.5 Å². The smallest absolute Gasteiger partial charge is 0.407 e. The molecule has 156 valence electrons. The number of alkyl carbamates (subject to hydrolysis) is 1. The van der Waals surface area contributed by atoms with Crippen LogP contribution >= 0.6 is 0 Å². The number of hydrogen-bond acceptors (Lipinski definition) is 4. The van der Waals surface area contributed by atoms with Gasteiger partial charge < -0.3 is 25.6 Å². The van der Waals surface area contributed by atoms with E-state index in [2.05, 4.69) is 10.6 Å². The van der Waals surface area contributed by atoms with Crippen LogP contribution in [0.4, 0.5) is 9.59 Å². The van der Waals surface area contributed by atoms with Gasteiger partial charge in [-0.15, -0.1) is 0 Å². The predicted octanol–water partition coefficient (Wildman–Crippen LogP) is 3.79. The number of phenolic OH excluding ortho intramolecular Hbond substituents is 1. The van der Waals surface area contributed by atoms with E-state index in [4.69, 9.17) is 9.84 Å². The van der Waals surface area contributed by atoms with Gasteiger partial charge in [-0.2, -0.15) is 0 Å². The lowest BCUT2D eigenvalue weighted by molar-refractivity contribution is 0.138. The Morgan fingerprint density at radius 1 is 1.07 bits per heavy atom. The van der Waals surface area contributed by atoms with Gasteiger partial charge >= 0.3 is 12.2 Å². The van der Waals surface area contributed by atoms with Gasteiger partial charge in [0.05, 0.1) is 6.04 Å². The van der Waals surface area contributed by atoms with Gasteiger partial charge in [-0.3, -0.25) is 0 Å². The van der Waals surface area contributed by atoms with Crippen LogP contribution in [-0.2, 0) is 23.2 Å². The summed E-state index contributed by atoms with van der Waals surface area (Å²) in [5.41, 5.74) is 2.24. The highest BCUT2D eigenvalue weighted by Crippen LogP contribution is 2.31. The number of rotatable bonds is 7. The highest BCUT2D eigenvalue weighted by molar-refractivity contribution is 5.68. The Bertz CT molecular complexity index is 831. The molecule has 7 heteroatoms. The topological polar surface area (TPSA) is 108 Å². The number of carbonyl (C=O) groups is 2. The average molecular weight is 400 g/mol. The minimum Gasteiger partial charge on any atom is -0.508 e. The Labute approximate surface area is 170 Å². The van der Waals surface area contributed by atoms with E-state index in [-0.39, 0.29) is 24.3 Å². The highest BCUT2D eigenvalue weighted by atomic mass is 16.5. The first-order valence-corrected chi connectivity index (χ1v) is 9.41. The predicted molar refractivity (Wildman–Crippen MR) is 110 cm³/mol. The van der Waals surface area contributed by atoms with Crippen LogP contribution in [0.15, 0.2) is 48.5 Å². The number of nitrogens with one attached hydrogen (secondary N) is 2. The molecule has 4 N–H and O–H groups in total. The minimum atomic E-state index is -1.18. The van der Waals surface area contributed by atoms with E-state index < -0.39 is 18.2 Å². The molecule has 1 atom stereocenters. The standard InChI is InChI=1S/C22H28N2O5/c1-22(2,3)18-12-16(9-10-19(18)25)11-17(24-20(26)27)13-23-21(28)29-14-15-7-5-4-6-8-15/h4-10,12,17,24-25H,11,13-14H2,1-3H3,(H,23,28)(H,26,27). The van der Waals surface area contributed by atoms with Crippen molar-refractivity contribution in [2.24, 2.45) is 0 Å².